The number of benzene rings is 1. The number of ether oxygens (including phenoxy) is 1. The van der Waals surface area contributed by atoms with E-state index in [-0.39, 0.29) is 11.1 Å². The van der Waals surface area contributed by atoms with E-state index in [0.717, 1.165) is 11.8 Å². The molecule has 1 heterocycles. The topological polar surface area (TPSA) is 58.6 Å². The molecule has 96 valence electrons. The van der Waals surface area contributed by atoms with Gasteiger partial charge in [0.25, 0.3) is 11.1 Å². The van der Waals surface area contributed by atoms with Crippen LogP contribution in [0.2, 0.25) is 0 Å². The number of anilines is 1. The monoisotopic (exact) mass is 266 g/mol. The van der Waals surface area contributed by atoms with Crippen LogP contribution in [0.25, 0.3) is 0 Å². The van der Waals surface area contributed by atoms with Gasteiger partial charge in [0.2, 0.25) is 0 Å². The Hall–Kier alpha value is -1.69. The molecule has 5 nitrogen and oxygen atoms in total. The molecule has 1 N–H and O–H groups in total. The average molecular weight is 266 g/mol. The van der Waals surface area contributed by atoms with Gasteiger partial charge in [-0.25, -0.2) is 0 Å². The minimum absolute atomic E-state index is 0.210. The predicted molar refractivity (Wildman–Crippen MR) is 70.8 cm³/mol. The minimum atomic E-state index is -0.575. The molecule has 1 saturated heterocycles. The van der Waals surface area contributed by atoms with Crippen molar-refractivity contribution in [3.63, 3.8) is 0 Å². The number of nitrogens with zero attached hydrogens (tertiary/aromatic N) is 1. The van der Waals surface area contributed by atoms with Gasteiger partial charge in [0.15, 0.2) is 5.37 Å². The molecule has 1 aromatic carbocycles. The number of carbonyl (C=O) groups is 2. The summed E-state index contributed by atoms with van der Waals surface area (Å²) in [4.78, 5) is 24.7. The first kappa shape index (κ1) is 12.8. The summed E-state index contributed by atoms with van der Waals surface area (Å²) in [6.07, 6.45) is 0. The summed E-state index contributed by atoms with van der Waals surface area (Å²) < 4.78 is 5.19. The highest BCUT2D eigenvalue weighted by molar-refractivity contribution is 8.15. The van der Waals surface area contributed by atoms with Crippen molar-refractivity contribution in [1.29, 1.82) is 0 Å². The van der Waals surface area contributed by atoms with E-state index in [1.807, 2.05) is 18.2 Å². The first-order valence-electron chi connectivity index (χ1n) is 5.59. The summed E-state index contributed by atoms with van der Waals surface area (Å²) >= 11 is 0.991. The van der Waals surface area contributed by atoms with Crippen LogP contribution >= 0.6 is 11.8 Å². The van der Waals surface area contributed by atoms with Crippen molar-refractivity contribution in [2.75, 3.05) is 19.0 Å². The second-order valence-corrected chi connectivity index (χ2v) is 4.75. The van der Waals surface area contributed by atoms with Crippen molar-refractivity contribution in [1.82, 2.24) is 4.90 Å². The van der Waals surface area contributed by atoms with Crippen molar-refractivity contribution < 1.29 is 14.3 Å². The molecule has 1 aromatic rings. The van der Waals surface area contributed by atoms with Gasteiger partial charge in [0.1, 0.15) is 5.75 Å². The van der Waals surface area contributed by atoms with Crippen LogP contribution in [0.15, 0.2) is 24.3 Å². The highest BCUT2D eigenvalue weighted by atomic mass is 32.2. The molecule has 1 fully saturated rings. The van der Waals surface area contributed by atoms with Crippen LogP contribution < -0.4 is 10.1 Å². The van der Waals surface area contributed by atoms with Gasteiger partial charge in [-0.2, -0.15) is 0 Å². The molecule has 0 saturated carbocycles. The summed E-state index contributed by atoms with van der Waals surface area (Å²) in [5.41, 5.74) is 0.705. The van der Waals surface area contributed by atoms with E-state index in [0.29, 0.717) is 18.0 Å². The van der Waals surface area contributed by atoms with E-state index >= 15 is 0 Å². The number of methoxy groups -OCH3 is 1. The number of nitrogens with one attached hydrogen (secondary N) is 1. The van der Waals surface area contributed by atoms with E-state index in [4.69, 9.17) is 4.74 Å². The lowest BCUT2D eigenvalue weighted by Crippen LogP contribution is -2.34. The summed E-state index contributed by atoms with van der Waals surface area (Å²) in [5.74, 6) is 0.437. The second-order valence-electron chi connectivity index (χ2n) is 3.69. The highest BCUT2D eigenvalue weighted by Gasteiger charge is 2.38. The number of likely N-dealkylation sites (N-methyl/N-ethyl adjacent to an activating group) is 1. The molecule has 0 radical (unpaired) electrons. The zero-order valence-electron chi connectivity index (χ0n) is 10.2. The molecular formula is C12H14N2O3S. The minimum Gasteiger partial charge on any atom is -0.495 e. The largest absolute Gasteiger partial charge is 0.495 e. The molecule has 1 atom stereocenters. The third-order valence-electron chi connectivity index (χ3n) is 2.64. The Morgan fingerprint density at radius 3 is 2.72 bits per heavy atom. The van der Waals surface area contributed by atoms with Crippen LogP contribution in [-0.2, 0) is 4.79 Å². The van der Waals surface area contributed by atoms with Crippen molar-refractivity contribution in [2.45, 2.75) is 12.3 Å². The predicted octanol–water partition coefficient (Wildman–Crippen LogP) is 2.15. The Labute approximate surface area is 109 Å². The second kappa shape index (κ2) is 5.30. The molecule has 2 amide bonds. The number of thioether (sulfide) groups is 1. The Morgan fingerprint density at radius 1 is 1.39 bits per heavy atom. The van der Waals surface area contributed by atoms with Gasteiger partial charge in [-0.15, -0.1) is 0 Å². The maximum atomic E-state index is 11.9. The molecular weight excluding hydrogens is 252 g/mol. The molecule has 18 heavy (non-hydrogen) atoms. The van der Waals surface area contributed by atoms with Crippen LogP contribution in [0.1, 0.15) is 6.92 Å². The lowest BCUT2D eigenvalue weighted by atomic mass is 10.3. The van der Waals surface area contributed by atoms with Gasteiger partial charge < -0.3 is 10.1 Å². The number of rotatable bonds is 4. The highest BCUT2D eigenvalue weighted by Crippen LogP contribution is 2.31. The maximum absolute atomic E-state index is 11.9. The number of hydrogen-bond donors (Lipinski definition) is 1. The first-order chi connectivity index (χ1) is 8.67. The summed E-state index contributed by atoms with van der Waals surface area (Å²) in [6, 6.07) is 7.29. The fourth-order valence-corrected chi connectivity index (χ4v) is 2.69. The lowest BCUT2D eigenvalue weighted by molar-refractivity contribution is -0.126. The lowest BCUT2D eigenvalue weighted by Gasteiger charge is -2.14. The summed E-state index contributed by atoms with van der Waals surface area (Å²) in [6.45, 7) is 2.18. The van der Waals surface area contributed by atoms with Crippen molar-refractivity contribution in [3.8, 4) is 5.75 Å². The Balaban J connectivity index is 2.15. The Kier molecular flexibility index (Phi) is 3.76. The number of para-hydroxylation sites is 2. The van der Waals surface area contributed by atoms with Gasteiger partial charge in [0, 0.05) is 6.54 Å². The fourth-order valence-electron chi connectivity index (χ4n) is 1.73. The van der Waals surface area contributed by atoms with Crippen molar-refractivity contribution >= 4 is 28.6 Å². The summed E-state index contributed by atoms with van der Waals surface area (Å²) in [7, 11) is 1.56. The molecule has 2 rings (SSSR count). The van der Waals surface area contributed by atoms with E-state index in [2.05, 4.69) is 5.32 Å². The van der Waals surface area contributed by atoms with Crippen LogP contribution in [0, 0.1) is 0 Å². The SMILES string of the molecule is CCN1C(=O)SC(Nc2ccccc2OC)C1=O. The van der Waals surface area contributed by atoms with Gasteiger partial charge in [0.05, 0.1) is 12.8 Å². The molecule has 1 aliphatic heterocycles. The van der Waals surface area contributed by atoms with Crippen LogP contribution in [-0.4, -0.2) is 35.1 Å². The molecule has 1 aliphatic rings. The third kappa shape index (κ3) is 2.28. The summed E-state index contributed by atoms with van der Waals surface area (Å²) in [5, 5.41) is 2.24. The molecule has 0 bridgehead atoms. The smallest absolute Gasteiger partial charge is 0.290 e. The number of carbonyl (C=O) groups excluding carboxylic acids is 2. The third-order valence-corrected chi connectivity index (χ3v) is 3.62. The normalized spacial score (nSPS) is 19.2. The zero-order chi connectivity index (χ0) is 13.1. The fraction of sp³-hybridized carbons (Fsp3) is 0.333. The maximum Gasteiger partial charge on any atom is 0.290 e. The quantitative estimate of drug-likeness (QED) is 0.905. The molecule has 6 heteroatoms. The molecule has 0 aliphatic carbocycles. The molecule has 1 unspecified atom stereocenters. The van der Waals surface area contributed by atoms with Gasteiger partial charge in [-0.1, -0.05) is 12.1 Å². The number of amides is 2. The van der Waals surface area contributed by atoms with Crippen molar-refractivity contribution in [3.05, 3.63) is 24.3 Å². The standard InChI is InChI=1S/C12H14N2O3S/c1-3-14-11(15)10(18-12(14)16)13-8-6-4-5-7-9(8)17-2/h4-7,10,13H,3H2,1-2H3. The van der Waals surface area contributed by atoms with Crippen molar-refractivity contribution in [2.24, 2.45) is 0 Å². The molecule has 0 spiro atoms. The van der Waals surface area contributed by atoms with E-state index in [9.17, 15) is 9.59 Å². The van der Waals surface area contributed by atoms with E-state index < -0.39 is 5.37 Å². The van der Waals surface area contributed by atoms with E-state index in [1.54, 1.807) is 20.1 Å². The Morgan fingerprint density at radius 2 is 2.11 bits per heavy atom. The number of imide groups is 1. The van der Waals surface area contributed by atoms with Gasteiger partial charge >= 0.3 is 0 Å². The first-order valence-corrected chi connectivity index (χ1v) is 6.47. The van der Waals surface area contributed by atoms with Crippen LogP contribution in [0.4, 0.5) is 10.5 Å². The zero-order valence-corrected chi connectivity index (χ0v) is 11.0. The molecule has 0 aromatic heterocycles. The van der Waals surface area contributed by atoms with Crippen LogP contribution in [0.3, 0.4) is 0 Å². The van der Waals surface area contributed by atoms with Gasteiger partial charge in [-0.3, -0.25) is 14.5 Å². The van der Waals surface area contributed by atoms with E-state index in [1.165, 1.54) is 4.90 Å². The van der Waals surface area contributed by atoms with Crippen LogP contribution in [0.5, 0.6) is 5.75 Å². The number of hydrogen-bond acceptors (Lipinski definition) is 5. The van der Waals surface area contributed by atoms with Gasteiger partial charge in [-0.05, 0) is 30.8 Å². The average Bonchev–Trinajstić information content (AvgIpc) is 2.65. The Bertz CT molecular complexity index is 478.